The van der Waals surface area contributed by atoms with E-state index >= 15 is 0 Å². The molecule has 2 N–H and O–H groups in total. The second-order valence-electron chi connectivity index (χ2n) is 5.30. The summed E-state index contributed by atoms with van der Waals surface area (Å²) in [6.45, 7) is 5.22. The van der Waals surface area contributed by atoms with Crippen LogP contribution in [-0.4, -0.2) is 22.8 Å². The maximum absolute atomic E-state index is 11.7. The van der Waals surface area contributed by atoms with Crippen molar-refractivity contribution in [2.45, 2.75) is 32.8 Å². The van der Waals surface area contributed by atoms with Gasteiger partial charge in [-0.2, -0.15) is 0 Å². The fraction of sp³-hybridized carbons (Fsp3) is 0.333. The van der Waals surface area contributed by atoms with Crippen LogP contribution in [0.3, 0.4) is 0 Å². The Hall–Kier alpha value is -2.30. The fourth-order valence-corrected chi connectivity index (χ4v) is 1.53. The van der Waals surface area contributed by atoms with Gasteiger partial charge in [0.05, 0.1) is 0 Å². The highest BCUT2D eigenvalue weighted by Crippen LogP contribution is 2.09. The van der Waals surface area contributed by atoms with Crippen LogP contribution in [0.15, 0.2) is 42.1 Å². The molecule has 0 saturated heterocycles. The number of carboxylic acid groups (broad SMARTS) is 1. The summed E-state index contributed by atoms with van der Waals surface area (Å²) in [4.78, 5) is 22.5. The molecule has 1 aromatic carbocycles. The predicted molar refractivity (Wildman–Crippen MR) is 75.2 cm³/mol. The average Bonchev–Trinajstić information content (AvgIpc) is 2.26. The van der Waals surface area contributed by atoms with Gasteiger partial charge in [-0.25, -0.2) is 9.59 Å². The first-order chi connectivity index (χ1) is 9.26. The summed E-state index contributed by atoms with van der Waals surface area (Å²) >= 11 is 0. The molecule has 20 heavy (non-hydrogen) atoms. The van der Waals surface area contributed by atoms with Crippen LogP contribution < -0.4 is 5.32 Å². The van der Waals surface area contributed by atoms with Crippen LogP contribution in [0, 0.1) is 0 Å². The molecule has 0 atom stereocenters. The molecule has 0 heterocycles. The number of nitrogens with one attached hydrogen (secondary N) is 1. The molecule has 1 rings (SSSR count). The van der Waals surface area contributed by atoms with Crippen LogP contribution in [0.4, 0.5) is 4.79 Å². The normalized spacial score (nSPS) is 11.8. The van der Waals surface area contributed by atoms with Crippen molar-refractivity contribution in [1.29, 1.82) is 0 Å². The Morgan fingerprint density at radius 1 is 1.25 bits per heavy atom. The number of hydrogen-bond donors (Lipinski definition) is 2. The third-order valence-corrected chi connectivity index (χ3v) is 2.20. The molecule has 108 valence electrons. The van der Waals surface area contributed by atoms with Gasteiger partial charge in [-0.15, -0.1) is 0 Å². The first-order valence-electron chi connectivity index (χ1n) is 6.24. The molecule has 0 fully saturated rings. The summed E-state index contributed by atoms with van der Waals surface area (Å²) in [5, 5.41) is 11.3. The van der Waals surface area contributed by atoms with E-state index in [1.54, 1.807) is 20.8 Å². The summed E-state index contributed by atoms with van der Waals surface area (Å²) in [5.74, 6) is -1.12. The van der Waals surface area contributed by atoms with Crippen LogP contribution in [0.25, 0.3) is 0 Å². The van der Waals surface area contributed by atoms with Gasteiger partial charge in [-0.3, -0.25) is 5.32 Å². The number of hydrogen-bond acceptors (Lipinski definition) is 3. The van der Waals surface area contributed by atoms with Crippen molar-refractivity contribution in [2.75, 3.05) is 0 Å². The van der Waals surface area contributed by atoms with Gasteiger partial charge in [0.2, 0.25) is 0 Å². The van der Waals surface area contributed by atoms with E-state index in [4.69, 9.17) is 9.84 Å². The smallest absolute Gasteiger partial charge is 0.411 e. The number of carbonyl (C=O) groups is 2. The summed E-state index contributed by atoms with van der Waals surface area (Å²) in [7, 11) is 0. The number of ether oxygens (including phenoxy) is 1. The summed E-state index contributed by atoms with van der Waals surface area (Å²) in [6, 6.07) is 9.27. The maximum Gasteiger partial charge on any atom is 0.411 e. The Bertz CT molecular complexity index is 500. The summed E-state index contributed by atoms with van der Waals surface area (Å²) in [6.07, 6.45) is 0.615. The Kier molecular flexibility index (Phi) is 5.32. The van der Waals surface area contributed by atoms with Crippen LogP contribution >= 0.6 is 0 Å². The van der Waals surface area contributed by atoms with Gasteiger partial charge in [0, 0.05) is 18.2 Å². The van der Waals surface area contributed by atoms with Crippen molar-refractivity contribution in [3.63, 3.8) is 0 Å². The van der Waals surface area contributed by atoms with E-state index in [1.165, 1.54) is 0 Å². The molecule has 0 bridgehead atoms. The van der Waals surface area contributed by atoms with Gasteiger partial charge in [-0.05, 0) is 26.3 Å². The van der Waals surface area contributed by atoms with E-state index in [2.05, 4.69) is 5.32 Å². The van der Waals surface area contributed by atoms with Crippen LogP contribution in [0.5, 0.6) is 0 Å². The Morgan fingerprint density at radius 2 is 1.85 bits per heavy atom. The Morgan fingerprint density at radius 3 is 2.35 bits per heavy atom. The topological polar surface area (TPSA) is 75.6 Å². The van der Waals surface area contributed by atoms with Gasteiger partial charge in [-0.1, -0.05) is 30.3 Å². The largest absolute Gasteiger partial charge is 0.478 e. The molecular weight excluding hydrogens is 258 g/mol. The lowest BCUT2D eigenvalue weighted by molar-refractivity contribution is -0.131. The molecule has 0 aliphatic heterocycles. The standard InChI is InChI=1S/C15H19NO4/c1-15(2,3)20-14(19)16-12(10-13(17)18)9-11-7-5-4-6-8-11/h4-8,10H,9H2,1-3H3,(H,16,19)(H,17,18)/b12-10-. The van der Waals surface area contributed by atoms with E-state index in [9.17, 15) is 9.59 Å². The number of aliphatic carboxylic acids is 1. The van der Waals surface area contributed by atoms with Crippen molar-refractivity contribution >= 4 is 12.1 Å². The van der Waals surface area contributed by atoms with E-state index in [-0.39, 0.29) is 5.70 Å². The quantitative estimate of drug-likeness (QED) is 0.830. The number of rotatable bonds is 4. The number of carboxylic acids is 1. The van der Waals surface area contributed by atoms with Gasteiger partial charge in [0.15, 0.2) is 0 Å². The highest BCUT2D eigenvalue weighted by atomic mass is 16.6. The zero-order valence-corrected chi connectivity index (χ0v) is 11.8. The van der Waals surface area contributed by atoms with Crippen LogP contribution in [0.1, 0.15) is 26.3 Å². The minimum absolute atomic E-state index is 0.276. The molecule has 0 aromatic heterocycles. The van der Waals surface area contributed by atoms with Gasteiger partial charge < -0.3 is 9.84 Å². The number of alkyl carbamates (subject to hydrolysis) is 1. The van der Waals surface area contributed by atoms with E-state index < -0.39 is 17.7 Å². The molecule has 0 spiro atoms. The first-order valence-corrected chi connectivity index (χ1v) is 6.24. The molecule has 5 nitrogen and oxygen atoms in total. The second-order valence-corrected chi connectivity index (χ2v) is 5.30. The summed E-state index contributed by atoms with van der Waals surface area (Å²) < 4.78 is 5.10. The van der Waals surface area contributed by atoms with E-state index in [0.717, 1.165) is 11.6 Å². The predicted octanol–water partition coefficient (Wildman–Crippen LogP) is 2.72. The number of allylic oxidation sites excluding steroid dienone is 1. The molecule has 5 heteroatoms. The molecule has 1 aromatic rings. The molecule has 0 aliphatic carbocycles. The average molecular weight is 277 g/mol. The van der Waals surface area contributed by atoms with Crippen molar-refractivity contribution in [2.24, 2.45) is 0 Å². The monoisotopic (exact) mass is 277 g/mol. The zero-order valence-electron chi connectivity index (χ0n) is 11.8. The van der Waals surface area contributed by atoms with Crippen molar-refractivity contribution < 1.29 is 19.4 Å². The minimum Gasteiger partial charge on any atom is -0.478 e. The summed E-state index contributed by atoms with van der Waals surface area (Å²) in [5.41, 5.74) is 0.541. The Balaban J connectivity index is 2.76. The molecule has 0 saturated carbocycles. The lowest BCUT2D eigenvalue weighted by Gasteiger charge is -2.20. The fourth-order valence-electron chi connectivity index (χ4n) is 1.53. The highest BCUT2D eigenvalue weighted by molar-refractivity contribution is 5.82. The van der Waals surface area contributed by atoms with Crippen molar-refractivity contribution in [3.8, 4) is 0 Å². The molecule has 1 amide bonds. The van der Waals surface area contributed by atoms with E-state index in [0.29, 0.717) is 6.42 Å². The third-order valence-electron chi connectivity index (χ3n) is 2.20. The van der Waals surface area contributed by atoms with Gasteiger partial charge >= 0.3 is 12.1 Å². The van der Waals surface area contributed by atoms with Crippen molar-refractivity contribution in [1.82, 2.24) is 5.32 Å². The van der Waals surface area contributed by atoms with Crippen molar-refractivity contribution in [3.05, 3.63) is 47.7 Å². The third kappa shape index (κ3) is 6.58. The zero-order chi connectivity index (χ0) is 15.2. The first kappa shape index (κ1) is 15.8. The van der Waals surface area contributed by atoms with Crippen LogP contribution in [0.2, 0.25) is 0 Å². The lowest BCUT2D eigenvalue weighted by atomic mass is 10.1. The van der Waals surface area contributed by atoms with E-state index in [1.807, 2.05) is 30.3 Å². The van der Waals surface area contributed by atoms with Gasteiger partial charge in [0.25, 0.3) is 0 Å². The maximum atomic E-state index is 11.7. The molecular formula is C15H19NO4. The number of amides is 1. The van der Waals surface area contributed by atoms with Gasteiger partial charge in [0.1, 0.15) is 5.60 Å². The highest BCUT2D eigenvalue weighted by Gasteiger charge is 2.17. The number of benzene rings is 1. The molecule has 0 unspecified atom stereocenters. The molecule has 0 radical (unpaired) electrons. The number of carbonyl (C=O) groups excluding carboxylic acids is 1. The lowest BCUT2D eigenvalue weighted by Crippen LogP contribution is -2.32. The second kappa shape index (κ2) is 6.75. The SMILES string of the molecule is CC(C)(C)OC(=O)N/C(=C\C(=O)O)Cc1ccccc1. The molecule has 0 aliphatic rings. The van der Waals surface area contributed by atoms with Crippen LogP contribution in [-0.2, 0) is 16.0 Å². The minimum atomic E-state index is -1.12. The Labute approximate surface area is 118 Å².